The summed E-state index contributed by atoms with van der Waals surface area (Å²) in [5, 5.41) is 3.01. The Balaban J connectivity index is 1.73. The number of aromatic amines is 1. The predicted molar refractivity (Wildman–Crippen MR) is 105 cm³/mol. The smallest absolute Gasteiger partial charge is 0.340 e. The molecule has 1 amide bonds. The third-order valence-corrected chi connectivity index (χ3v) is 5.30. The Hall–Kier alpha value is -2.54. The number of aryl methyl sites for hydroxylation is 1. The van der Waals surface area contributed by atoms with E-state index in [1.165, 1.54) is 6.42 Å². The second kappa shape index (κ2) is 9.10. The number of carbonyl (C=O) groups is 2. The predicted octanol–water partition coefficient (Wildman–Crippen LogP) is 3.36. The Morgan fingerprint density at radius 3 is 2.68 bits per heavy atom. The molecule has 1 saturated heterocycles. The zero-order chi connectivity index (χ0) is 20.1. The molecular weight excluding hydrogens is 358 g/mol. The fourth-order valence-corrected chi connectivity index (χ4v) is 3.88. The van der Waals surface area contributed by atoms with Crippen LogP contribution in [0.1, 0.15) is 70.1 Å². The summed E-state index contributed by atoms with van der Waals surface area (Å²) >= 11 is 0. The number of H-pyrrole nitrogens is 1. The minimum atomic E-state index is -0.408. The van der Waals surface area contributed by atoms with Crippen LogP contribution < -0.4 is 5.32 Å². The monoisotopic (exact) mass is 387 g/mol. The number of rotatable bonds is 7. The van der Waals surface area contributed by atoms with E-state index < -0.39 is 5.97 Å². The van der Waals surface area contributed by atoms with Crippen LogP contribution >= 0.6 is 0 Å². The molecule has 0 spiro atoms. The molecular formula is C21H29N3O4. The zero-order valence-corrected chi connectivity index (χ0v) is 16.8. The lowest BCUT2D eigenvalue weighted by Gasteiger charge is -2.33. The summed E-state index contributed by atoms with van der Waals surface area (Å²) in [4.78, 5) is 30.4. The van der Waals surface area contributed by atoms with Crippen LogP contribution in [0.2, 0.25) is 0 Å². The molecule has 0 saturated carbocycles. The Morgan fingerprint density at radius 2 is 2.04 bits per heavy atom. The maximum atomic E-state index is 12.8. The molecule has 0 aliphatic carbocycles. The first-order chi connectivity index (χ1) is 13.5. The Kier molecular flexibility index (Phi) is 6.57. The fourth-order valence-electron chi connectivity index (χ4n) is 3.88. The highest BCUT2D eigenvalue weighted by molar-refractivity contribution is 6.00. The normalized spacial score (nSPS) is 16.0. The number of hydrogen-bond donors (Lipinski definition) is 2. The van der Waals surface area contributed by atoms with Gasteiger partial charge in [-0.3, -0.25) is 9.69 Å². The van der Waals surface area contributed by atoms with Crippen LogP contribution in [0.5, 0.6) is 0 Å². The average Bonchev–Trinajstić information content (AvgIpc) is 3.31. The number of aromatic nitrogens is 1. The summed E-state index contributed by atoms with van der Waals surface area (Å²) in [6.07, 6.45) is 5.22. The number of likely N-dealkylation sites (tertiary alicyclic amines) is 1. The van der Waals surface area contributed by atoms with E-state index in [0.717, 1.165) is 31.7 Å². The molecule has 3 rings (SSSR count). The van der Waals surface area contributed by atoms with Crippen LogP contribution in [-0.4, -0.2) is 48.0 Å². The molecule has 0 radical (unpaired) electrons. The third-order valence-electron chi connectivity index (χ3n) is 5.30. The minimum Gasteiger partial charge on any atom is -0.468 e. The van der Waals surface area contributed by atoms with Crippen molar-refractivity contribution in [3.8, 4) is 0 Å². The molecule has 1 fully saturated rings. The van der Waals surface area contributed by atoms with Crippen LogP contribution in [0.3, 0.4) is 0 Å². The number of nitrogens with one attached hydrogen (secondary N) is 2. The van der Waals surface area contributed by atoms with E-state index in [4.69, 9.17) is 9.15 Å². The SMILES string of the molecule is CCOC(=O)c1c(C)[nH]c(C(=O)NC[C@H](c2ccco2)N2CCCCC2)c1C. The lowest BCUT2D eigenvalue weighted by atomic mass is 10.1. The maximum absolute atomic E-state index is 12.8. The van der Waals surface area contributed by atoms with Gasteiger partial charge in [0.2, 0.25) is 0 Å². The summed E-state index contributed by atoms with van der Waals surface area (Å²) in [5.74, 6) is 0.216. The summed E-state index contributed by atoms with van der Waals surface area (Å²) in [7, 11) is 0. The van der Waals surface area contributed by atoms with Gasteiger partial charge in [-0.2, -0.15) is 0 Å². The van der Waals surface area contributed by atoms with Gasteiger partial charge in [0.25, 0.3) is 5.91 Å². The molecule has 7 heteroatoms. The first-order valence-corrected chi connectivity index (χ1v) is 9.94. The summed E-state index contributed by atoms with van der Waals surface area (Å²) < 4.78 is 10.7. The molecule has 1 atom stereocenters. The first kappa shape index (κ1) is 20.2. The molecule has 28 heavy (non-hydrogen) atoms. The molecule has 1 aliphatic heterocycles. The van der Waals surface area contributed by atoms with Gasteiger partial charge in [0.1, 0.15) is 11.5 Å². The quantitative estimate of drug-likeness (QED) is 0.712. The Bertz CT molecular complexity index is 804. The minimum absolute atomic E-state index is 0.000132. The molecule has 3 heterocycles. The Labute approximate surface area is 165 Å². The van der Waals surface area contributed by atoms with Gasteiger partial charge in [-0.05, 0) is 64.4 Å². The number of carbonyl (C=O) groups excluding carboxylic acids is 2. The standard InChI is InChI=1S/C21H29N3O4/c1-4-27-21(26)18-14(2)19(23-15(18)3)20(25)22-13-16(17-9-8-12-28-17)24-10-6-5-7-11-24/h8-9,12,16,23H,4-7,10-11,13H2,1-3H3,(H,22,25)/t16-/m1/s1. The topological polar surface area (TPSA) is 87.6 Å². The van der Waals surface area contributed by atoms with Gasteiger partial charge >= 0.3 is 5.97 Å². The van der Waals surface area contributed by atoms with Crippen molar-refractivity contribution in [2.24, 2.45) is 0 Å². The van der Waals surface area contributed by atoms with Crippen molar-refractivity contribution in [2.45, 2.75) is 46.1 Å². The van der Waals surface area contributed by atoms with Gasteiger partial charge in [-0.15, -0.1) is 0 Å². The Morgan fingerprint density at radius 1 is 1.29 bits per heavy atom. The second-order valence-electron chi connectivity index (χ2n) is 7.18. The van der Waals surface area contributed by atoms with Crippen molar-refractivity contribution < 1.29 is 18.7 Å². The molecule has 1 aliphatic rings. The lowest BCUT2D eigenvalue weighted by Crippen LogP contribution is -2.40. The van der Waals surface area contributed by atoms with E-state index in [0.29, 0.717) is 35.7 Å². The van der Waals surface area contributed by atoms with E-state index in [2.05, 4.69) is 15.2 Å². The number of ether oxygens (including phenoxy) is 1. The number of amides is 1. The average molecular weight is 387 g/mol. The van der Waals surface area contributed by atoms with Gasteiger partial charge in [-0.25, -0.2) is 4.79 Å². The molecule has 7 nitrogen and oxygen atoms in total. The van der Waals surface area contributed by atoms with Crippen LogP contribution in [0.25, 0.3) is 0 Å². The highest BCUT2D eigenvalue weighted by Crippen LogP contribution is 2.25. The van der Waals surface area contributed by atoms with Crippen molar-refractivity contribution in [1.29, 1.82) is 0 Å². The number of furan rings is 1. The number of esters is 1. The largest absolute Gasteiger partial charge is 0.468 e. The van der Waals surface area contributed by atoms with Crippen molar-refractivity contribution in [1.82, 2.24) is 15.2 Å². The van der Waals surface area contributed by atoms with Crippen molar-refractivity contribution in [2.75, 3.05) is 26.2 Å². The summed E-state index contributed by atoms with van der Waals surface area (Å²) in [6.45, 7) is 8.03. The highest BCUT2D eigenvalue weighted by Gasteiger charge is 2.27. The van der Waals surface area contributed by atoms with Gasteiger partial charge < -0.3 is 19.5 Å². The van der Waals surface area contributed by atoms with Crippen LogP contribution in [0.15, 0.2) is 22.8 Å². The molecule has 0 unspecified atom stereocenters. The van der Waals surface area contributed by atoms with Gasteiger partial charge in [0, 0.05) is 12.2 Å². The van der Waals surface area contributed by atoms with E-state index >= 15 is 0 Å². The molecule has 2 aromatic rings. The zero-order valence-electron chi connectivity index (χ0n) is 16.8. The summed E-state index contributed by atoms with van der Waals surface area (Å²) in [5.41, 5.74) is 2.09. The summed E-state index contributed by atoms with van der Waals surface area (Å²) in [6, 6.07) is 3.83. The first-order valence-electron chi connectivity index (χ1n) is 9.94. The van der Waals surface area contributed by atoms with Gasteiger partial charge in [-0.1, -0.05) is 6.42 Å². The molecule has 0 aromatic carbocycles. The molecule has 152 valence electrons. The van der Waals surface area contributed by atoms with Crippen LogP contribution in [0.4, 0.5) is 0 Å². The number of hydrogen-bond acceptors (Lipinski definition) is 5. The van der Waals surface area contributed by atoms with Crippen molar-refractivity contribution >= 4 is 11.9 Å². The molecule has 2 N–H and O–H groups in total. The lowest BCUT2D eigenvalue weighted by molar-refractivity contribution is 0.0525. The highest BCUT2D eigenvalue weighted by atomic mass is 16.5. The second-order valence-corrected chi connectivity index (χ2v) is 7.18. The van der Waals surface area contributed by atoms with Crippen molar-refractivity contribution in [3.05, 3.63) is 46.7 Å². The van der Waals surface area contributed by atoms with E-state index in [-0.39, 0.29) is 11.9 Å². The number of piperidine rings is 1. The maximum Gasteiger partial charge on any atom is 0.340 e. The van der Waals surface area contributed by atoms with Gasteiger partial charge in [0.15, 0.2) is 0 Å². The molecule has 2 aromatic heterocycles. The molecule has 0 bridgehead atoms. The van der Waals surface area contributed by atoms with E-state index in [1.807, 2.05) is 12.1 Å². The van der Waals surface area contributed by atoms with Crippen LogP contribution in [0, 0.1) is 13.8 Å². The van der Waals surface area contributed by atoms with Crippen molar-refractivity contribution in [3.63, 3.8) is 0 Å². The van der Waals surface area contributed by atoms with Gasteiger partial charge in [0.05, 0.1) is 24.5 Å². The fraction of sp³-hybridized carbons (Fsp3) is 0.524. The van der Waals surface area contributed by atoms with E-state index in [1.54, 1.807) is 27.0 Å². The van der Waals surface area contributed by atoms with Crippen LogP contribution in [-0.2, 0) is 4.74 Å². The third kappa shape index (κ3) is 4.30. The van der Waals surface area contributed by atoms with E-state index in [9.17, 15) is 9.59 Å². The number of nitrogens with zero attached hydrogens (tertiary/aromatic N) is 1.